The van der Waals surface area contributed by atoms with Gasteiger partial charge in [-0.2, -0.15) is 0 Å². The topological polar surface area (TPSA) is 30.5 Å². The van der Waals surface area contributed by atoms with E-state index in [2.05, 4.69) is 5.32 Å². The van der Waals surface area contributed by atoms with Gasteiger partial charge in [-0.15, -0.1) is 0 Å². The van der Waals surface area contributed by atoms with Crippen LogP contribution in [0.15, 0.2) is 18.2 Å². The van der Waals surface area contributed by atoms with E-state index in [1.165, 1.54) is 6.07 Å². The van der Waals surface area contributed by atoms with Crippen molar-refractivity contribution in [2.24, 2.45) is 0 Å². The van der Waals surface area contributed by atoms with Crippen LogP contribution in [0.5, 0.6) is 0 Å². The molecule has 1 N–H and O–H groups in total. The van der Waals surface area contributed by atoms with Gasteiger partial charge >= 0.3 is 0 Å². The van der Waals surface area contributed by atoms with Crippen molar-refractivity contribution in [3.8, 4) is 0 Å². The van der Waals surface area contributed by atoms with Gasteiger partial charge in [0.15, 0.2) is 6.29 Å². The molecule has 0 spiro atoms. The van der Waals surface area contributed by atoms with Crippen molar-refractivity contribution in [1.82, 2.24) is 5.32 Å². The van der Waals surface area contributed by atoms with Crippen LogP contribution in [0.2, 0.25) is 5.02 Å². The maximum Gasteiger partial charge on any atom is 0.159 e. The van der Waals surface area contributed by atoms with Crippen molar-refractivity contribution < 1.29 is 13.9 Å². The Labute approximate surface area is 111 Å². The molecule has 2 rings (SSSR count). The monoisotopic (exact) mass is 273 g/mol. The van der Waals surface area contributed by atoms with Crippen LogP contribution in [0.3, 0.4) is 0 Å². The molecule has 1 atom stereocenters. The number of ether oxygens (including phenoxy) is 2. The Bertz CT molecular complexity index is 397. The second kappa shape index (κ2) is 6.48. The van der Waals surface area contributed by atoms with Crippen LogP contribution in [-0.4, -0.2) is 32.6 Å². The van der Waals surface area contributed by atoms with Crippen LogP contribution < -0.4 is 5.32 Å². The molecule has 1 saturated heterocycles. The maximum absolute atomic E-state index is 13.6. The fraction of sp³-hybridized carbons (Fsp3) is 0.538. The summed E-state index contributed by atoms with van der Waals surface area (Å²) in [5, 5.41) is 3.70. The van der Waals surface area contributed by atoms with E-state index in [9.17, 15) is 4.39 Å². The highest BCUT2D eigenvalue weighted by Crippen LogP contribution is 2.19. The highest BCUT2D eigenvalue weighted by molar-refractivity contribution is 6.30. The zero-order chi connectivity index (χ0) is 13.0. The Kier molecular flexibility index (Phi) is 4.95. The molecule has 0 saturated carbocycles. The van der Waals surface area contributed by atoms with Crippen LogP contribution in [0.4, 0.5) is 4.39 Å². The number of hydrogen-bond donors (Lipinski definition) is 1. The van der Waals surface area contributed by atoms with Gasteiger partial charge in [0.25, 0.3) is 0 Å². The zero-order valence-corrected chi connectivity index (χ0v) is 11.0. The lowest BCUT2D eigenvalue weighted by Crippen LogP contribution is -2.32. The fourth-order valence-electron chi connectivity index (χ4n) is 2.04. The molecular weight excluding hydrogens is 257 g/mol. The van der Waals surface area contributed by atoms with Gasteiger partial charge in [0, 0.05) is 17.5 Å². The third kappa shape index (κ3) is 3.65. The molecule has 0 aromatic heterocycles. The quantitative estimate of drug-likeness (QED) is 0.893. The van der Waals surface area contributed by atoms with E-state index in [4.69, 9.17) is 21.1 Å². The third-order valence-corrected chi connectivity index (χ3v) is 3.29. The van der Waals surface area contributed by atoms with Crippen LogP contribution in [0, 0.1) is 5.82 Å². The second-order valence-corrected chi connectivity index (χ2v) is 4.77. The summed E-state index contributed by atoms with van der Waals surface area (Å²) in [4.78, 5) is 0. The van der Waals surface area contributed by atoms with Gasteiger partial charge < -0.3 is 14.8 Å². The van der Waals surface area contributed by atoms with Gasteiger partial charge in [0.05, 0.1) is 13.2 Å². The molecule has 0 bridgehead atoms. The van der Waals surface area contributed by atoms with Gasteiger partial charge in [-0.3, -0.25) is 0 Å². The van der Waals surface area contributed by atoms with Crippen molar-refractivity contribution in [1.29, 1.82) is 0 Å². The minimum Gasteiger partial charge on any atom is -0.350 e. The van der Waals surface area contributed by atoms with Crippen molar-refractivity contribution in [2.75, 3.05) is 20.3 Å². The first kappa shape index (κ1) is 13.7. The van der Waals surface area contributed by atoms with Crippen LogP contribution >= 0.6 is 11.6 Å². The van der Waals surface area contributed by atoms with E-state index in [1.807, 2.05) is 7.05 Å². The fourth-order valence-corrected chi connectivity index (χ4v) is 2.24. The van der Waals surface area contributed by atoms with E-state index in [1.54, 1.807) is 12.1 Å². The van der Waals surface area contributed by atoms with Gasteiger partial charge in [-0.1, -0.05) is 11.6 Å². The Hall–Kier alpha value is -0.680. The van der Waals surface area contributed by atoms with Gasteiger partial charge in [0.1, 0.15) is 5.82 Å². The van der Waals surface area contributed by atoms with Crippen molar-refractivity contribution in [3.63, 3.8) is 0 Å². The van der Waals surface area contributed by atoms with Crippen molar-refractivity contribution in [2.45, 2.75) is 25.2 Å². The number of benzene rings is 1. The van der Waals surface area contributed by atoms with Crippen molar-refractivity contribution in [3.05, 3.63) is 34.6 Å². The minimum atomic E-state index is -0.229. The molecule has 1 unspecified atom stereocenters. The minimum absolute atomic E-state index is 0.0982. The molecule has 1 aliphatic rings. The Morgan fingerprint density at radius 2 is 2.17 bits per heavy atom. The van der Waals surface area contributed by atoms with Crippen LogP contribution in [0.25, 0.3) is 0 Å². The van der Waals surface area contributed by atoms with Gasteiger partial charge in [-0.25, -0.2) is 4.39 Å². The van der Waals surface area contributed by atoms with E-state index in [0.717, 1.165) is 0 Å². The summed E-state index contributed by atoms with van der Waals surface area (Å²) in [7, 11) is 1.85. The first-order valence-electron chi connectivity index (χ1n) is 6.03. The predicted molar refractivity (Wildman–Crippen MR) is 68.3 cm³/mol. The molecule has 1 aromatic carbocycles. The first-order valence-corrected chi connectivity index (χ1v) is 6.41. The Morgan fingerprint density at radius 3 is 2.83 bits per heavy atom. The first-order chi connectivity index (χ1) is 8.69. The summed E-state index contributed by atoms with van der Waals surface area (Å²) >= 11 is 5.88. The summed E-state index contributed by atoms with van der Waals surface area (Å²) in [5.41, 5.74) is 0.611. The smallest absolute Gasteiger partial charge is 0.159 e. The number of nitrogens with one attached hydrogen (secondary N) is 1. The van der Waals surface area contributed by atoms with E-state index in [-0.39, 0.29) is 18.1 Å². The molecule has 0 amide bonds. The van der Waals surface area contributed by atoms with E-state index in [0.29, 0.717) is 36.6 Å². The molecule has 18 heavy (non-hydrogen) atoms. The zero-order valence-electron chi connectivity index (χ0n) is 10.3. The number of halogens is 2. The standard InChI is InChI=1S/C13H17ClFNO2/c1-16-11(8-13-17-4-5-18-13)7-9-6-10(14)2-3-12(9)15/h2-3,6,11,13,16H,4-5,7-8H2,1H3. The normalized spacial score (nSPS) is 18.2. The SMILES string of the molecule is CNC(Cc1cc(Cl)ccc1F)CC1OCCO1. The molecule has 3 nitrogen and oxygen atoms in total. The largest absolute Gasteiger partial charge is 0.350 e. The van der Waals surface area contributed by atoms with Crippen LogP contribution in [0.1, 0.15) is 12.0 Å². The summed E-state index contributed by atoms with van der Waals surface area (Å²) < 4.78 is 24.4. The highest BCUT2D eigenvalue weighted by Gasteiger charge is 2.21. The highest BCUT2D eigenvalue weighted by atomic mass is 35.5. The lowest BCUT2D eigenvalue weighted by molar-refractivity contribution is -0.0523. The summed E-state index contributed by atoms with van der Waals surface area (Å²) in [6.07, 6.45) is 1.07. The molecule has 1 heterocycles. The molecule has 1 aromatic rings. The predicted octanol–water partition coefficient (Wildman–Crippen LogP) is 2.37. The van der Waals surface area contributed by atoms with E-state index >= 15 is 0 Å². The molecule has 0 radical (unpaired) electrons. The Balaban J connectivity index is 1.98. The van der Waals surface area contributed by atoms with Crippen molar-refractivity contribution >= 4 is 11.6 Å². The number of rotatable bonds is 5. The average Bonchev–Trinajstić information content (AvgIpc) is 2.85. The maximum atomic E-state index is 13.6. The Morgan fingerprint density at radius 1 is 1.44 bits per heavy atom. The molecular formula is C13H17ClFNO2. The lowest BCUT2D eigenvalue weighted by atomic mass is 10.0. The second-order valence-electron chi connectivity index (χ2n) is 4.33. The summed E-state index contributed by atoms with van der Waals surface area (Å²) in [5.74, 6) is -0.229. The van der Waals surface area contributed by atoms with E-state index < -0.39 is 0 Å². The molecule has 100 valence electrons. The lowest BCUT2D eigenvalue weighted by Gasteiger charge is -2.19. The van der Waals surface area contributed by atoms with Crippen LogP contribution in [-0.2, 0) is 15.9 Å². The molecule has 1 fully saturated rings. The molecule has 1 aliphatic heterocycles. The third-order valence-electron chi connectivity index (χ3n) is 3.05. The summed E-state index contributed by atoms with van der Waals surface area (Å²) in [6.45, 7) is 1.26. The molecule has 5 heteroatoms. The van der Waals surface area contributed by atoms with Gasteiger partial charge in [0.2, 0.25) is 0 Å². The number of likely N-dealkylation sites (N-methyl/N-ethyl adjacent to an activating group) is 1. The summed E-state index contributed by atoms with van der Waals surface area (Å²) in [6, 6.07) is 4.71. The average molecular weight is 274 g/mol. The van der Waals surface area contributed by atoms with Gasteiger partial charge in [-0.05, 0) is 37.2 Å². The number of hydrogen-bond acceptors (Lipinski definition) is 3. The molecule has 0 aliphatic carbocycles.